The van der Waals surface area contributed by atoms with Crippen molar-refractivity contribution in [2.45, 2.75) is 25.6 Å². The number of nitrogens with zero attached hydrogens (tertiary/aromatic N) is 2. The van der Waals surface area contributed by atoms with Gasteiger partial charge in [0, 0.05) is 43.6 Å². The molecule has 7 heteroatoms. The minimum atomic E-state index is -0.510. The zero-order chi connectivity index (χ0) is 17.2. The first kappa shape index (κ1) is 17.2. The Morgan fingerprint density at radius 1 is 1.25 bits per heavy atom. The third-order valence-corrected chi connectivity index (χ3v) is 4.72. The summed E-state index contributed by atoms with van der Waals surface area (Å²) >= 11 is 5.99. The molecule has 2 aliphatic rings. The van der Waals surface area contributed by atoms with E-state index in [1.165, 1.54) is 11.8 Å². The van der Waals surface area contributed by atoms with Crippen LogP contribution in [0.15, 0.2) is 24.3 Å². The van der Waals surface area contributed by atoms with Crippen LogP contribution in [0.5, 0.6) is 0 Å². The smallest absolute Gasteiger partial charge is 0.242 e. The second-order valence-electron chi connectivity index (χ2n) is 6.07. The molecule has 2 amide bonds. The number of likely N-dealkylation sites (tertiary alicyclic amines) is 1. The normalized spacial score (nSPS) is 19.5. The molecule has 24 heavy (non-hydrogen) atoms. The topological polar surface area (TPSA) is 59.1 Å². The van der Waals surface area contributed by atoms with Crippen molar-refractivity contribution in [3.05, 3.63) is 29.3 Å². The van der Waals surface area contributed by atoms with Gasteiger partial charge in [0.1, 0.15) is 6.54 Å². The summed E-state index contributed by atoms with van der Waals surface area (Å²) in [5.41, 5.74) is 0.624. The highest BCUT2D eigenvalue weighted by Gasteiger charge is 2.40. The van der Waals surface area contributed by atoms with Crippen LogP contribution in [-0.4, -0.2) is 55.3 Å². The maximum Gasteiger partial charge on any atom is 0.242 e. The molecule has 0 saturated carbocycles. The second kappa shape index (κ2) is 7.09. The maximum atomic E-state index is 12.6. The predicted molar refractivity (Wildman–Crippen MR) is 89.9 cm³/mol. The SMILES string of the molecule is CC(=O)N(CC(=O)N1CCC2(CC1)OCCO2)c1cccc(Cl)c1. The van der Waals surface area contributed by atoms with Gasteiger partial charge in [0.25, 0.3) is 0 Å². The van der Waals surface area contributed by atoms with Crippen molar-refractivity contribution in [2.24, 2.45) is 0 Å². The molecule has 1 aromatic carbocycles. The number of carbonyl (C=O) groups excluding carboxylic acids is 2. The second-order valence-corrected chi connectivity index (χ2v) is 6.51. The molecule has 130 valence electrons. The first-order chi connectivity index (χ1) is 11.5. The molecule has 1 aromatic rings. The monoisotopic (exact) mass is 352 g/mol. The van der Waals surface area contributed by atoms with Crippen molar-refractivity contribution in [3.63, 3.8) is 0 Å². The molecule has 0 unspecified atom stereocenters. The van der Waals surface area contributed by atoms with Gasteiger partial charge in [-0.2, -0.15) is 0 Å². The van der Waals surface area contributed by atoms with E-state index >= 15 is 0 Å². The molecule has 2 heterocycles. The molecule has 0 aliphatic carbocycles. The van der Waals surface area contributed by atoms with Crippen LogP contribution < -0.4 is 4.90 Å². The number of amides is 2. The number of rotatable bonds is 3. The van der Waals surface area contributed by atoms with Crippen LogP contribution in [0.1, 0.15) is 19.8 Å². The highest BCUT2D eigenvalue weighted by Crippen LogP contribution is 2.31. The Balaban J connectivity index is 1.63. The van der Waals surface area contributed by atoms with Crippen molar-refractivity contribution < 1.29 is 19.1 Å². The first-order valence-corrected chi connectivity index (χ1v) is 8.46. The van der Waals surface area contributed by atoms with Gasteiger partial charge >= 0.3 is 0 Å². The fourth-order valence-corrected chi connectivity index (χ4v) is 3.33. The van der Waals surface area contributed by atoms with Crippen LogP contribution in [0, 0.1) is 0 Å². The average molecular weight is 353 g/mol. The van der Waals surface area contributed by atoms with E-state index in [-0.39, 0.29) is 18.4 Å². The van der Waals surface area contributed by atoms with Gasteiger partial charge in [-0.3, -0.25) is 9.59 Å². The largest absolute Gasteiger partial charge is 0.347 e. The fraction of sp³-hybridized carbons (Fsp3) is 0.529. The third kappa shape index (κ3) is 3.71. The number of carbonyl (C=O) groups is 2. The zero-order valence-electron chi connectivity index (χ0n) is 13.7. The van der Waals surface area contributed by atoms with Crippen molar-refractivity contribution in [3.8, 4) is 0 Å². The lowest BCUT2D eigenvalue weighted by Crippen LogP contribution is -2.50. The summed E-state index contributed by atoms with van der Waals surface area (Å²) in [6.45, 7) is 3.81. The van der Waals surface area contributed by atoms with E-state index < -0.39 is 5.79 Å². The Labute approximate surface area is 146 Å². The molecule has 2 fully saturated rings. The van der Waals surface area contributed by atoms with Crippen LogP contribution in [-0.2, 0) is 19.1 Å². The number of halogens is 1. The highest BCUT2D eigenvalue weighted by molar-refractivity contribution is 6.30. The summed E-state index contributed by atoms with van der Waals surface area (Å²) in [4.78, 5) is 27.7. The minimum Gasteiger partial charge on any atom is -0.347 e. The van der Waals surface area contributed by atoms with Crippen LogP contribution in [0.2, 0.25) is 5.02 Å². The molecule has 0 bridgehead atoms. The minimum absolute atomic E-state index is 0.00436. The Bertz CT molecular complexity index is 621. The number of piperidine rings is 1. The Morgan fingerprint density at radius 3 is 2.50 bits per heavy atom. The molecular formula is C17H21ClN2O4. The molecule has 0 atom stereocenters. The lowest BCUT2D eigenvalue weighted by Gasteiger charge is -2.38. The number of hydrogen-bond acceptors (Lipinski definition) is 4. The molecule has 1 spiro atoms. The van der Waals surface area contributed by atoms with E-state index in [1.807, 2.05) is 0 Å². The lowest BCUT2D eigenvalue weighted by molar-refractivity contribution is -0.187. The van der Waals surface area contributed by atoms with Crippen molar-refractivity contribution >= 4 is 29.1 Å². The number of benzene rings is 1. The number of anilines is 1. The standard InChI is InChI=1S/C17H21ClN2O4/c1-13(21)20(15-4-2-3-14(18)11-15)12-16(22)19-7-5-17(6-8-19)23-9-10-24-17/h2-4,11H,5-10,12H2,1H3. The first-order valence-electron chi connectivity index (χ1n) is 8.08. The van der Waals surface area contributed by atoms with E-state index in [2.05, 4.69) is 0 Å². The van der Waals surface area contributed by atoms with E-state index in [0.717, 1.165) is 0 Å². The molecule has 0 N–H and O–H groups in total. The Kier molecular flexibility index (Phi) is 5.08. The fourth-order valence-electron chi connectivity index (χ4n) is 3.15. The van der Waals surface area contributed by atoms with Crippen LogP contribution in [0.25, 0.3) is 0 Å². The third-order valence-electron chi connectivity index (χ3n) is 4.48. The predicted octanol–water partition coefficient (Wildman–Crippen LogP) is 2.06. The van der Waals surface area contributed by atoms with Crippen LogP contribution in [0.3, 0.4) is 0 Å². The number of hydrogen-bond donors (Lipinski definition) is 0. The van der Waals surface area contributed by atoms with Crippen molar-refractivity contribution in [2.75, 3.05) is 37.7 Å². The average Bonchev–Trinajstić information content (AvgIpc) is 3.01. The van der Waals surface area contributed by atoms with Gasteiger partial charge in [-0.05, 0) is 18.2 Å². The van der Waals surface area contributed by atoms with Crippen molar-refractivity contribution in [1.82, 2.24) is 4.90 Å². The summed E-state index contributed by atoms with van der Waals surface area (Å²) in [5.74, 6) is -0.788. The van der Waals surface area contributed by atoms with E-state index in [9.17, 15) is 9.59 Å². The van der Waals surface area contributed by atoms with E-state index in [0.29, 0.717) is 49.9 Å². The molecule has 6 nitrogen and oxygen atoms in total. The quantitative estimate of drug-likeness (QED) is 0.835. The van der Waals surface area contributed by atoms with Gasteiger partial charge in [-0.1, -0.05) is 17.7 Å². The van der Waals surface area contributed by atoms with Crippen molar-refractivity contribution in [1.29, 1.82) is 0 Å². The van der Waals surface area contributed by atoms with Gasteiger partial charge in [0.2, 0.25) is 11.8 Å². The van der Waals surface area contributed by atoms with E-state index in [4.69, 9.17) is 21.1 Å². The van der Waals surface area contributed by atoms with Gasteiger partial charge in [0.15, 0.2) is 5.79 Å². The van der Waals surface area contributed by atoms with Crippen LogP contribution >= 0.6 is 11.6 Å². The maximum absolute atomic E-state index is 12.6. The Morgan fingerprint density at radius 2 is 1.92 bits per heavy atom. The number of ether oxygens (including phenoxy) is 2. The summed E-state index contributed by atoms with van der Waals surface area (Å²) in [7, 11) is 0. The molecular weight excluding hydrogens is 332 g/mol. The summed E-state index contributed by atoms with van der Waals surface area (Å²) < 4.78 is 11.3. The van der Waals surface area contributed by atoms with Gasteiger partial charge in [0.05, 0.1) is 13.2 Å². The zero-order valence-corrected chi connectivity index (χ0v) is 14.4. The van der Waals surface area contributed by atoms with Gasteiger partial charge in [-0.15, -0.1) is 0 Å². The summed E-state index contributed by atoms with van der Waals surface area (Å²) in [6, 6.07) is 6.95. The summed E-state index contributed by atoms with van der Waals surface area (Å²) in [6.07, 6.45) is 1.33. The molecule has 2 saturated heterocycles. The molecule has 3 rings (SSSR count). The molecule has 0 radical (unpaired) electrons. The highest BCUT2D eigenvalue weighted by atomic mass is 35.5. The molecule has 2 aliphatic heterocycles. The molecule has 0 aromatic heterocycles. The van der Waals surface area contributed by atoms with Crippen LogP contribution in [0.4, 0.5) is 5.69 Å². The Hall–Kier alpha value is -1.63. The lowest BCUT2D eigenvalue weighted by atomic mass is 10.0. The summed E-state index contributed by atoms with van der Waals surface area (Å²) in [5, 5.41) is 0.529. The van der Waals surface area contributed by atoms with Gasteiger partial charge in [-0.25, -0.2) is 0 Å². The van der Waals surface area contributed by atoms with E-state index in [1.54, 1.807) is 29.2 Å². The van der Waals surface area contributed by atoms with Gasteiger partial charge < -0.3 is 19.3 Å².